The van der Waals surface area contributed by atoms with E-state index in [1.807, 2.05) is 0 Å². The van der Waals surface area contributed by atoms with Gasteiger partial charge in [0.15, 0.2) is 0 Å². The number of urea groups is 1. The minimum atomic E-state index is -0.576. The van der Waals surface area contributed by atoms with Gasteiger partial charge in [-0.25, -0.2) is 4.79 Å². The number of methoxy groups -OCH3 is 2. The first-order chi connectivity index (χ1) is 9.63. The minimum Gasteiger partial charge on any atom is -0.497 e. The molecular formula is C13H20ClN3O4. The third-order valence-electron chi connectivity index (χ3n) is 3.15. The Balaban J connectivity index is 0.00000220. The Morgan fingerprint density at radius 2 is 2.10 bits per heavy atom. The van der Waals surface area contributed by atoms with Gasteiger partial charge in [-0.3, -0.25) is 0 Å². The second-order valence-electron chi connectivity index (χ2n) is 4.50. The number of hydrogen-bond acceptors (Lipinski definition) is 5. The van der Waals surface area contributed by atoms with Gasteiger partial charge in [0, 0.05) is 19.2 Å². The van der Waals surface area contributed by atoms with Crippen LogP contribution in [-0.2, 0) is 0 Å². The molecule has 1 aromatic rings. The molecule has 1 fully saturated rings. The highest BCUT2D eigenvalue weighted by molar-refractivity contribution is 5.91. The molecule has 4 N–H and O–H groups in total. The van der Waals surface area contributed by atoms with Crippen LogP contribution < -0.4 is 25.4 Å². The Labute approximate surface area is 129 Å². The number of hydrogen-bond donors (Lipinski definition) is 4. The molecule has 0 aromatic heterocycles. The molecule has 2 rings (SSSR count). The van der Waals surface area contributed by atoms with Crippen LogP contribution in [0.3, 0.4) is 0 Å². The third kappa shape index (κ3) is 4.38. The summed E-state index contributed by atoms with van der Waals surface area (Å²) in [6.07, 6.45) is -0.576. The van der Waals surface area contributed by atoms with Gasteiger partial charge in [0.1, 0.15) is 11.5 Å². The van der Waals surface area contributed by atoms with Crippen molar-refractivity contribution in [3.8, 4) is 11.5 Å². The maximum absolute atomic E-state index is 11.9. The van der Waals surface area contributed by atoms with Crippen molar-refractivity contribution in [2.24, 2.45) is 0 Å². The summed E-state index contributed by atoms with van der Waals surface area (Å²) < 4.78 is 10.3. The molecule has 1 saturated heterocycles. The molecule has 0 radical (unpaired) electrons. The Bertz CT molecular complexity index is 486. The number of aliphatic hydroxyl groups excluding tert-OH is 1. The number of ether oxygens (including phenoxy) is 2. The standard InChI is InChI=1S/C13H19N3O4.ClH/c1-19-8-3-4-12(20-2)9(5-8)15-13(18)16-10-6-14-7-11(10)17;/h3-5,10-11,14,17H,6-7H2,1-2H3,(H2,15,16,18);1H/t10-,11-;/m1./s1. The molecular weight excluding hydrogens is 298 g/mol. The van der Waals surface area contributed by atoms with Gasteiger partial charge in [-0.15, -0.1) is 12.4 Å². The van der Waals surface area contributed by atoms with E-state index in [2.05, 4.69) is 16.0 Å². The summed E-state index contributed by atoms with van der Waals surface area (Å²) in [6.45, 7) is 1.03. The number of anilines is 1. The zero-order valence-electron chi connectivity index (χ0n) is 11.9. The topological polar surface area (TPSA) is 91.9 Å². The first-order valence-corrected chi connectivity index (χ1v) is 6.32. The van der Waals surface area contributed by atoms with Gasteiger partial charge >= 0.3 is 6.03 Å². The number of rotatable bonds is 4. The Morgan fingerprint density at radius 3 is 2.67 bits per heavy atom. The summed E-state index contributed by atoms with van der Waals surface area (Å²) in [7, 11) is 3.07. The minimum absolute atomic E-state index is 0. The summed E-state index contributed by atoms with van der Waals surface area (Å²) in [4.78, 5) is 11.9. The smallest absolute Gasteiger partial charge is 0.319 e. The largest absolute Gasteiger partial charge is 0.497 e. The van der Waals surface area contributed by atoms with E-state index >= 15 is 0 Å². The van der Waals surface area contributed by atoms with Crippen molar-refractivity contribution in [3.05, 3.63) is 18.2 Å². The maximum atomic E-state index is 11.9. The van der Waals surface area contributed by atoms with Crippen molar-refractivity contribution >= 4 is 24.1 Å². The molecule has 0 saturated carbocycles. The first kappa shape index (κ1) is 17.4. The van der Waals surface area contributed by atoms with Crippen molar-refractivity contribution < 1.29 is 19.4 Å². The van der Waals surface area contributed by atoms with Crippen molar-refractivity contribution in [1.82, 2.24) is 10.6 Å². The molecule has 0 bridgehead atoms. The normalized spacial score (nSPS) is 20.3. The number of aliphatic hydroxyl groups is 1. The average Bonchev–Trinajstić information content (AvgIpc) is 2.84. The van der Waals surface area contributed by atoms with E-state index in [0.29, 0.717) is 30.3 Å². The summed E-state index contributed by atoms with van der Waals surface area (Å²) >= 11 is 0. The fraction of sp³-hybridized carbons (Fsp3) is 0.462. The van der Waals surface area contributed by atoms with E-state index < -0.39 is 12.1 Å². The maximum Gasteiger partial charge on any atom is 0.319 e. The molecule has 0 spiro atoms. The van der Waals surface area contributed by atoms with Crippen LogP contribution in [-0.4, -0.2) is 50.6 Å². The van der Waals surface area contributed by atoms with Crippen molar-refractivity contribution in [2.45, 2.75) is 12.1 Å². The molecule has 1 aliphatic heterocycles. The number of carbonyl (C=O) groups is 1. The quantitative estimate of drug-likeness (QED) is 0.652. The van der Waals surface area contributed by atoms with Crippen LogP contribution in [0.2, 0.25) is 0 Å². The van der Waals surface area contributed by atoms with Crippen molar-refractivity contribution in [3.63, 3.8) is 0 Å². The second-order valence-corrected chi connectivity index (χ2v) is 4.50. The highest BCUT2D eigenvalue weighted by Gasteiger charge is 2.26. The van der Waals surface area contributed by atoms with Gasteiger partial charge in [0.2, 0.25) is 0 Å². The van der Waals surface area contributed by atoms with Crippen LogP contribution >= 0.6 is 12.4 Å². The molecule has 1 aliphatic rings. The molecule has 21 heavy (non-hydrogen) atoms. The number of benzene rings is 1. The molecule has 1 aromatic carbocycles. The van der Waals surface area contributed by atoms with E-state index in [1.165, 1.54) is 7.11 Å². The Morgan fingerprint density at radius 1 is 1.33 bits per heavy atom. The van der Waals surface area contributed by atoms with E-state index in [4.69, 9.17) is 9.47 Å². The molecule has 8 heteroatoms. The van der Waals surface area contributed by atoms with E-state index in [1.54, 1.807) is 25.3 Å². The highest BCUT2D eigenvalue weighted by atomic mass is 35.5. The molecule has 0 unspecified atom stereocenters. The number of halogens is 1. The van der Waals surface area contributed by atoms with Gasteiger partial charge in [-0.05, 0) is 12.1 Å². The van der Waals surface area contributed by atoms with Crippen LogP contribution in [0, 0.1) is 0 Å². The summed E-state index contributed by atoms with van der Waals surface area (Å²) in [5, 5.41) is 18.0. The van der Waals surface area contributed by atoms with Crippen LogP contribution in [0.1, 0.15) is 0 Å². The predicted octanol–water partition coefficient (Wildman–Crippen LogP) is 0.580. The molecule has 1 heterocycles. The zero-order valence-corrected chi connectivity index (χ0v) is 12.7. The van der Waals surface area contributed by atoms with Crippen molar-refractivity contribution in [1.29, 1.82) is 0 Å². The Kier molecular flexibility index (Phi) is 6.54. The van der Waals surface area contributed by atoms with Crippen molar-refractivity contribution in [2.75, 3.05) is 32.6 Å². The molecule has 118 valence electrons. The number of β-amino-alcohol motifs (C(OH)–C–C–N with tert-alkyl or cyclic N) is 1. The van der Waals surface area contributed by atoms with Gasteiger partial charge in [-0.1, -0.05) is 0 Å². The summed E-state index contributed by atoms with van der Waals surface area (Å²) in [5.74, 6) is 1.15. The van der Waals surface area contributed by atoms with Crippen LogP contribution in [0.5, 0.6) is 11.5 Å². The van der Waals surface area contributed by atoms with Gasteiger partial charge in [0.25, 0.3) is 0 Å². The van der Waals surface area contributed by atoms with Gasteiger partial charge in [0.05, 0.1) is 32.1 Å². The molecule has 2 amide bonds. The fourth-order valence-corrected chi connectivity index (χ4v) is 2.05. The lowest BCUT2D eigenvalue weighted by atomic mass is 10.2. The molecule has 2 atom stereocenters. The molecule has 7 nitrogen and oxygen atoms in total. The highest BCUT2D eigenvalue weighted by Crippen LogP contribution is 2.28. The molecule has 0 aliphatic carbocycles. The predicted molar refractivity (Wildman–Crippen MR) is 81.6 cm³/mol. The van der Waals surface area contributed by atoms with Crippen LogP contribution in [0.15, 0.2) is 18.2 Å². The second kappa shape index (κ2) is 7.92. The van der Waals surface area contributed by atoms with Crippen LogP contribution in [0.4, 0.5) is 10.5 Å². The lowest BCUT2D eigenvalue weighted by molar-refractivity contribution is 0.164. The SMILES string of the molecule is COc1ccc(OC)c(NC(=O)N[C@@H]2CNC[C@H]2O)c1.Cl. The van der Waals surface area contributed by atoms with E-state index in [9.17, 15) is 9.90 Å². The average molecular weight is 318 g/mol. The summed E-state index contributed by atoms with van der Waals surface area (Å²) in [6, 6.07) is 4.42. The van der Waals surface area contributed by atoms with Gasteiger partial charge < -0.3 is 30.5 Å². The van der Waals surface area contributed by atoms with Crippen LogP contribution in [0.25, 0.3) is 0 Å². The number of nitrogens with one attached hydrogen (secondary N) is 3. The monoisotopic (exact) mass is 317 g/mol. The number of amides is 2. The van der Waals surface area contributed by atoms with E-state index in [-0.39, 0.29) is 18.4 Å². The lowest BCUT2D eigenvalue weighted by Gasteiger charge is -2.17. The fourth-order valence-electron chi connectivity index (χ4n) is 2.05. The summed E-state index contributed by atoms with van der Waals surface area (Å²) in [5.41, 5.74) is 0.504. The van der Waals surface area contributed by atoms with E-state index in [0.717, 1.165) is 0 Å². The lowest BCUT2D eigenvalue weighted by Crippen LogP contribution is -2.44. The third-order valence-corrected chi connectivity index (χ3v) is 3.15. The zero-order chi connectivity index (χ0) is 14.5. The Hall–Kier alpha value is -1.70. The number of carbonyl (C=O) groups excluding carboxylic acids is 1. The van der Waals surface area contributed by atoms with Gasteiger partial charge in [-0.2, -0.15) is 0 Å². The first-order valence-electron chi connectivity index (χ1n) is 6.32.